The number of hydrogen-bond donors (Lipinski definition) is 2. The van der Waals surface area contributed by atoms with Gasteiger partial charge in [-0.3, -0.25) is 14.5 Å². The van der Waals surface area contributed by atoms with Crippen molar-refractivity contribution in [2.45, 2.75) is 32.9 Å². The van der Waals surface area contributed by atoms with Gasteiger partial charge in [0.1, 0.15) is 0 Å². The van der Waals surface area contributed by atoms with E-state index < -0.39 is 0 Å². The summed E-state index contributed by atoms with van der Waals surface area (Å²) in [5.74, 6) is 0.738. The number of aromatic nitrogens is 3. The number of benzene rings is 2. The quantitative estimate of drug-likeness (QED) is 0.643. The van der Waals surface area contributed by atoms with Crippen LogP contribution in [-0.4, -0.2) is 20.7 Å². The highest BCUT2D eigenvalue weighted by Crippen LogP contribution is 2.19. The number of hydrogen-bond acceptors (Lipinski definition) is 3. The molecule has 0 fully saturated rings. The molecule has 0 bridgehead atoms. The van der Waals surface area contributed by atoms with Crippen molar-refractivity contribution in [3.05, 3.63) is 70.5 Å². The first-order chi connectivity index (χ1) is 12.5. The Morgan fingerprint density at radius 1 is 1.23 bits per heavy atom. The molecule has 26 heavy (non-hydrogen) atoms. The van der Waals surface area contributed by atoms with E-state index in [1.165, 1.54) is 0 Å². The van der Waals surface area contributed by atoms with Gasteiger partial charge in [-0.15, -0.1) is 0 Å². The average molecular weight is 366 g/mol. The minimum atomic E-state index is -0.0303. The number of amides is 1. The third-order valence-electron chi connectivity index (χ3n) is 4.27. The minimum absolute atomic E-state index is 0.0142. The van der Waals surface area contributed by atoms with Crippen LogP contribution >= 0.6 is 12.2 Å². The summed E-state index contributed by atoms with van der Waals surface area (Å²) >= 11 is 5.34. The monoisotopic (exact) mass is 366 g/mol. The Kier molecular flexibility index (Phi) is 5.63. The fourth-order valence-electron chi connectivity index (χ4n) is 2.88. The lowest BCUT2D eigenvalue weighted by atomic mass is 10.1. The van der Waals surface area contributed by atoms with Gasteiger partial charge in [-0.2, -0.15) is 5.10 Å². The molecule has 0 saturated carbocycles. The number of nitrogens with one attached hydrogen (secondary N) is 2. The van der Waals surface area contributed by atoms with Gasteiger partial charge in [0.2, 0.25) is 5.91 Å². The fourth-order valence-corrected chi connectivity index (χ4v) is 3.11. The maximum Gasteiger partial charge on any atom is 0.222 e. The molecule has 0 radical (unpaired) electrons. The molecule has 0 saturated heterocycles. The lowest BCUT2D eigenvalue weighted by Crippen LogP contribution is -2.27. The first-order valence-electron chi connectivity index (χ1n) is 8.61. The van der Waals surface area contributed by atoms with Crippen LogP contribution in [0, 0.1) is 11.7 Å². The lowest BCUT2D eigenvalue weighted by molar-refractivity contribution is -0.121. The molecule has 134 valence electrons. The SMILES string of the molecule is Cc1cccc(-c2n[nH]c(=S)n2CCC(=O)N[C@H](C)c2ccccc2)c1. The predicted octanol–water partition coefficient (Wildman–Crippen LogP) is 4.18. The zero-order valence-electron chi connectivity index (χ0n) is 14.9. The molecule has 0 aliphatic rings. The third kappa shape index (κ3) is 4.26. The molecule has 1 aromatic heterocycles. The number of rotatable bonds is 6. The highest BCUT2D eigenvalue weighted by Gasteiger charge is 2.13. The summed E-state index contributed by atoms with van der Waals surface area (Å²) in [6.07, 6.45) is 0.337. The van der Waals surface area contributed by atoms with Crippen LogP contribution in [0.15, 0.2) is 54.6 Å². The van der Waals surface area contributed by atoms with Crippen molar-refractivity contribution in [3.63, 3.8) is 0 Å². The van der Waals surface area contributed by atoms with E-state index in [0.29, 0.717) is 17.7 Å². The van der Waals surface area contributed by atoms with Gasteiger partial charge >= 0.3 is 0 Å². The minimum Gasteiger partial charge on any atom is -0.350 e. The Morgan fingerprint density at radius 3 is 2.73 bits per heavy atom. The summed E-state index contributed by atoms with van der Waals surface area (Å²) in [5, 5.41) is 10.2. The number of aromatic amines is 1. The molecule has 2 N–H and O–H groups in total. The molecule has 0 unspecified atom stereocenters. The normalized spacial score (nSPS) is 11.9. The summed E-state index contributed by atoms with van der Waals surface area (Å²) in [4.78, 5) is 12.3. The molecule has 1 amide bonds. The van der Waals surface area contributed by atoms with Gasteiger partial charge in [-0.25, -0.2) is 0 Å². The highest BCUT2D eigenvalue weighted by atomic mass is 32.1. The van der Waals surface area contributed by atoms with Crippen LogP contribution in [-0.2, 0) is 11.3 Å². The van der Waals surface area contributed by atoms with E-state index in [1.807, 2.05) is 66.9 Å². The van der Waals surface area contributed by atoms with Crippen molar-refractivity contribution in [3.8, 4) is 11.4 Å². The Balaban J connectivity index is 1.67. The van der Waals surface area contributed by atoms with Crippen molar-refractivity contribution in [1.82, 2.24) is 20.1 Å². The van der Waals surface area contributed by atoms with E-state index in [9.17, 15) is 4.79 Å². The van der Waals surface area contributed by atoms with E-state index in [4.69, 9.17) is 12.2 Å². The summed E-state index contributed by atoms with van der Waals surface area (Å²) in [6, 6.07) is 18.0. The molecule has 5 nitrogen and oxygen atoms in total. The van der Waals surface area contributed by atoms with E-state index in [-0.39, 0.29) is 11.9 Å². The predicted molar refractivity (Wildman–Crippen MR) is 105 cm³/mol. The highest BCUT2D eigenvalue weighted by molar-refractivity contribution is 7.71. The van der Waals surface area contributed by atoms with E-state index in [2.05, 4.69) is 21.6 Å². The van der Waals surface area contributed by atoms with Crippen molar-refractivity contribution in [2.24, 2.45) is 0 Å². The first kappa shape index (κ1) is 18.1. The van der Waals surface area contributed by atoms with Gasteiger partial charge < -0.3 is 5.32 Å². The van der Waals surface area contributed by atoms with Gasteiger partial charge in [0, 0.05) is 18.5 Å². The van der Waals surface area contributed by atoms with Crippen LogP contribution < -0.4 is 5.32 Å². The Hall–Kier alpha value is -2.73. The topological polar surface area (TPSA) is 62.7 Å². The zero-order chi connectivity index (χ0) is 18.5. The van der Waals surface area contributed by atoms with Crippen LogP contribution in [0.2, 0.25) is 0 Å². The molecule has 1 heterocycles. The van der Waals surface area contributed by atoms with Gasteiger partial charge in [0.25, 0.3) is 0 Å². The standard InChI is InChI=1S/C20H22N4OS/c1-14-7-6-10-17(13-14)19-22-23-20(26)24(19)12-11-18(25)21-15(2)16-8-4-3-5-9-16/h3-10,13,15H,11-12H2,1-2H3,(H,21,25)(H,23,26)/t15-/m1/s1. The number of nitrogens with zero attached hydrogens (tertiary/aromatic N) is 2. The second kappa shape index (κ2) is 8.10. The van der Waals surface area contributed by atoms with Crippen molar-refractivity contribution < 1.29 is 4.79 Å². The van der Waals surface area contributed by atoms with E-state index >= 15 is 0 Å². The molecule has 3 rings (SSSR count). The summed E-state index contributed by atoms with van der Waals surface area (Å²) in [7, 11) is 0. The second-order valence-electron chi connectivity index (χ2n) is 6.32. The smallest absolute Gasteiger partial charge is 0.222 e. The van der Waals surface area contributed by atoms with Crippen LogP contribution in [0.4, 0.5) is 0 Å². The molecule has 0 spiro atoms. The fraction of sp³-hybridized carbons (Fsp3) is 0.250. The molecule has 6 heteroatoms. The van der Waals surface area contributed by atoms with Crippen molar-refractivity contribution in [2.75, 3.05) is 0 Å². The summed E-state index contributed by atoms with van der Waals surface area (Å²) in [6.45, 7) is 4.49. The molecular weight excluding hydrogens is 344 g/mol. The number of H-pyrrole nitrogens is 1. The zero-order valence-corrected chi connectivity index (χ0v) is 15.7. The van der Waals surface area contributed by atoms with Gasteiger partial charge in [-0.05, 0) is 37.7 Å². The molecule has 0 aliphatic carbocycles. The Labute approximate surface area is 158 Å². The summed E-state index contributed by atoms with van der Waals surface area (Å²) in [5.41, 5.74) is 3.22. The van der Waals surface area contributed by atoms with Gasteiger partial charge in [0.05, 0.1) is 6.04 Å². The first-order valence-corrected chi connectivity index (χ1v) is 9.02. The molecule has 3 aromatic rings. The van der Waals surface area contributed by atoms with E-state index in [1.54, 1.807) is 0 Å². The van der Waals surface area contributed by atoms with Crippen LogP contribution in [0.25, 0.3) is 11.4 Å². The molecular formula is C20H22N4OS. The number of carbonyl (C=O) groups excluding carboxylic acids is 1. The maximum atomic E-state index is 12.3. The largest absolute Gasteiger partial charge is 0.350 e. The Bertz CT molecular complexity index is 946. The van der Waals surface area contributed by atoms with Crippen LogP contribution in [0.3, 0.4) is 0 Å². The maximum absolute atomic E-state index is 12.3. The van der Waals surface area contributed by atoms with Crippen LogP contribution in [0.1, 0.15) is 30.5 Å². The van der Waals surface area contributed by atoms with Crippen molar-refractivity contribution >= 4 is 18.1 Å². The second-order valence-corrected chi connectivity index (χ2v) is 6.71. The van der Waals surface area contributed by atoms with E-state index in [0.717, 1.165) is 22.5 Å². The van der Waals surface area contributed by atoms with Gasteiger partial charge in [-0.1, -0.05) is 54.1 Å². The average Bonchev–Trinajstić information content (AvgIpc) is 3.01. The molecule has 0 aliphatic heterocycles. The Morgan fingerprint density at radius 2 is 2.00 bits per heavy atom. The third-order valence-corrected chi connectivity index (χ3v) is 4.59. The van der Waals surface area contributed by atoms with Gasteiger partial charge in [0.15, 0.2) is 10.6 Å². The number of carbonyl (C=O) groups is 1. The lowest BCUT2D eigenvalue weighted by Gasteiger charge is -2.14. The van der Waals surface area contributed by atoms with Crippen LogP contribution in [0.5, 0.6) is 0 Å². The molecule has 2 aromatic carbocycles. The number of aryl methyl sites for hydroxylation is 1. The molecule has 1 atom stereocenters. The van der Waals surface area contributed by atoms with Crippen molar-refractivity contribution in [1.29, 1.82) is 0 Å². The summed E-state index contributed by atoms with van der Waals surface area (Å²) < 4.78 is 2.39.